The van der Waals surface area contributed by atoms with E-state index in [1.54, 1.807) is 0 Å². The van der Waals surface area contributed by atoms with Crippen molar-refractivity contribution in [2.45, 2.75) is 46.2 Å². The zero-order chi connectivity index (χ0) is 15.0. The van der Waals surface area contributed by atoms with Gasteiger partial charge in [-0.05, 0) is 39.2 Å². The van der Waals surface area contributed by atoms with Gasteiger partial charge in [-0.2, -0.15) is 5.10 Å². The Morgan fingerprint density at radius 1 is 1.24 bits per heavy atom. The summed E-state index contributed by atoms with van der Waals surface area (Å²) in [5.41, 5.74) is 4.79. The molecule has 1 aliphatic carbocycles. The molecular formula is C17H21N3O. The first-order valence-electron chi connectivity index (χ1n) is 7.44. The van der Waals surface area contributed by atoms with Gasteiger partial charge in [0.15, 0.2) is 0 Å². The average molecular weight is 283 g/mol. The van der Waals surface area contributed by atoms with Gasteiger partial charge in [-0.25, -0.2) is 0 Å². The van der Waals surface area contributed by atoms with Gasteiger partial charge in [0.2, 0.25) is 0 Å². The van der Waals surface area contributed by atoms with Crippen LogP contribution in [-0.4, -0.2) is 27.0 Å². The van der Waals surface area contributed by atoms with E-state index in [0.717, 1.165) is 29.8 Å². The highest BCUT2D eigenvalue weighted by Crippen LogP contribution is 2.30. The lowest BCUT2D eigenvalue weighted by atomic mass is 10.1. The number of nitrogens with zero attached hydrogens (tertiary/aromatic N) is 2. The number of carbonyl (C=O) groups is 1. The van der Waals surface area contributed by atoms with Crippen molar-refractivity contribution in [2.24, 2.45) is 0 Å². The molecule has 0 saturated heterocycles. The maximum atomic E-state index is 12.9. The summed E-state index contributed by atoms with van der Waals surface area (Å²) < 4.78 is 0. The van der Waals surface area contributed by atoms with E-state index in [-0.39, 0.29) is 5.91 Å². The molecule has 0 spiro atoms. The normalized spacial score (nSPS) is 14.2. The first kappa shape index (κ1) is 13.9. The van der Waals surface area contributed by atoms with Gasteiger partial charge in [-0.3, -0.25) is 9.89 Å². The van der Waals surface area contributed by atoms with Crippen LogP contribution in [0.15, 0.2) is 24.3 Å². The van der Waals surface area contributed by atoms with Crippen molar-refractivity contribution in [3.63, 3.8) is 0 Å². The van der Waals surface area contributed by atoms with Crippen LogP contribution in [0.1, 0.15) is 45.7 Å². The van der Waals surface area contributed by atoms with Crippen LogP contribution in [0.5, 0.6) is 0 Å². The van der Waals surface area contributed by atoms with Crippen molar-refractivity contribution >= 4 is 5.91 Å². The fourth-order valence-electron chi connectivity index (χ4n) is 2.65. The number of hydrogen-bond donors (Lipinski definition) is 1. The molecule has 2 aromatic rings. The molecule has 1 aromatic carbocycles. The van der Waals surface area contributed by atoms with Gasteiger partial charge in [-0.15, -0.1) is 0 Å². The monoisotopic (exact) mass is 283 g/mol. The number of aromatic nitrogens is 2. The Kier molecular flexibility index (Phi) is 3.53. The van der Waals surface area contributed by atoms with Gasteiger partial charge in [-0.1, -0.05) is 29.8 Å². The highest BCUT2D eigenvalue weighted by molar-refractivity contribution is 5.96. The Bertz CT molecular complexity index is 634. The van der Waals surface area contributed by atoms with Crippen LogP contribution in [-0.2, 0) is 6.54 Å². The Morgan fingerprint density at radius 3 is 2.43 bits per heavy atom. The van der Waals surface area contributed by atoms with Gasteiger partial charge in [0, 0.05) is 18.3 Å². The lowest BCUT2D eigenvalue weighted by Gasteiger charge is -2.23. The molecule has 110 valence electrons. The first-order valence-corrected chi connectivity index (χ1v) is 7.44. The summed E-state index contributed by atoms with van der Waals surface area (Å²) in [6.07, 6.45) is 2.21. The molecule has 21 heavy (non-hydrogen) atoms. The maximum Gasteiger partial charge on any atom is 0.258 e. The fourth-order valence-corrected chi connectivity index (χ4v) is 2.65. The molecule has 4 nitrogen and oxygen atoms in total. The smallest absolute Gasteiger partial charge is 0.258 e. The van der Waals surface area contributed by atoms with Crippen molar-refractivity contribution < 1.29 is 4.79 Å². The second-order valence-electron chi connectivity index (χ2n) is 5.96. The van der Waals surface area contributed by atoms with Crippen molar-refractivity contribution in [2.75, 3.05) is 0 Å². The van der Waals surface area contributed by atoms with Crippen molar-refractivity contribution in [1.82, 2.24) is 15.1 Å². The molecule has 0 atom stereocenters. The average Bonchev–Trinajstić information content (AvgIpc) is 3.24. The third-order valence-electron chi connectivity index (χ3n) is 4.06. The third kappa shape index (κ3) is 2.84. The summed E-state index contributed by atoms with van der Waals surface area (Å²) in [5.74, 6) is 0.0989. The maximum absolute atomic E-state index is 12.9. The molecule has 0 radical (unpaired) electrons. The number of amides is 1. The number of hydrogen-bond acceptors (Lipinski definition) is 2. The number of rotatable bonds is 4. The van der Waals surface area contributed by atoms with Crippen molar-refractivity contribution in [3.05, 3.63) is 52.3 Å². The number of carbonyl (C=O) groups excluding carboxylic acids is 1. The third-order valence-corrected chi connectivity index (χ3v) is 4.06. The highest BCUT2D eigenvalue weighted by atomic mass is 16.2. The van der Waals surface area contributed by atoms with E-state index in [1.165, 1.54) is 11.1 Å². The zero-order valence-corrected chi connectivity index (χ0v) is 12.8. The van der Waals surface area contributed by atoms with Crippen LogP contribution in [0.3, 0.4) is 0 Å². The molecule has 1 aliphatic rings. The topological polar surface area (TPSA) is 49.0 Å². The summed E-state index contributed by atoms with van der Waals surface area (Å²) >= 11 is 0. The molecule has 4 heteroatoms. The first-order chi connectivity index (χ1) is 10.1. The minimum absolute atomic E-state index is 0.0989. The summed E-state index contributed by atoms with van der Waals surface area (Å²) in [6.45, 7) is 6.54. The highest BCUT2D eigenvalue weighted by Gasteiger charge is 2.34. The Balaban J connectivity index is 1.85. The van der Waals surface area contributed by atoms with Crippen LogP contribution in [0, 0.1) is 20.8 Å². The standard InChI is InChI=1S/C17H21N3O/c1-11-4-6-14(7-5-11)10-20(15-8-9-15)17(21)16-12(2)18-19-13(16)3/h4-7,15H,8-10H2,1-3H3,(H,18,19). The summed E-state index contributed by atoms with van der Waals surface area (Å²) in [4.78, 5) is 14.9. The molecule has 1 aromatic heterocycles. The van der Waals surface area contributed by atoms with E-state index >= 15 is 0 Å². The number of aryl methyl sites for hydroxylation is 3. The summed E-state index contributed by atoms with van der Waals surface area (Å²) in [7, 11) is 0. The molecule has 1 amide bonds. The van der Waals surface area contributed by atoms with Crippen LogP contribution >= 0.6 is 0 Å². The van der Waals surface area contributed by atoms with Crippen molar-refractivity contribution in [3.8, 4) is 0 Å². The predicted molar refractivity (Wildman–Crippen MR) is 82.1 cm³/mol. The SMILES string of the molecule is Cc1ccc(CN(C(=O)c2c(C)n[nH]c2C)C2CC2)cc1. The molecule has 0 aliphatic heterocycles. The lowest BCUT2D eigenvalue weighted by molar-refractivity contribution is 0.0728. The van der Waals surface area contributed by atoms with Crippen molar-refractivity contribution in [1.29, 1.82) is 0 Å². The summed E-state index contributed by atoms with van der Waals surface area (Å²) in [6, 6.07) is 8.78. The summed E-state index contributed by atoms with van der Waals surface area (Å²) in [5, 5.41) is 7.05. The van der Waals surface area contributed by atoms with Gasteiger partial charge in [0.1, 0.15) is 0 Å². The fraction of sp³-hybridized carbons (Fsp3) is 0.412. The molecule has 1 N–H and O–H groups in total. The van der Waals surface area contributed by atoms with Crippen LogP contribution < -0.4 is 0 Å². The van der Waals surface area contributed by atoms with Crippen LogP contribution in [0.25, 0.3) is 0 Å². The minimum Gasteiger partial charge on any atom is -0.331 e. The zero-order valence-electron chi connectivity index (χ0n) is 12.8. The van der Waals surface area contributed by atoms with E-state index in [4.69, 9.17) is 0 Å². The molecular weight excluding hydrogens is 262 g/mol. The van der Waals surface area contributed by atoms with Gasteiger partial charge < -0.3 is 4.90 Å². The van der Waals surface area contributed by atoms with E-state index in [0.29, 0.717) is 12.6 Å². The van der Waals surface area contributed by atoms with E-state index < -0.39 is 0 Å². The molecule has 0 unspecified atom stereocenters. The molecule has 3 rings (SSSR count). The molecule has 0 bridgehead atoms. The van der Waals surface area contributed by atoms with Gasteiger partial charge in [0.25, 0.3) is 5.91 Å². The van der Waals surface area contributed by atoms with Gasteiger partial charge >= 0.3 is 0 Å². The Morgan fingerprint density at radius 2 is 1.90 bits per heavy atom. The molecule has 1 fully saturated rings. The molecule has 1 heterocycles. The lowest BCUT2D eigenvalue weighted by Crippen LogP contribution is -2.33. The Labute approximate surface area is 125 Å². The van der Waals surface area contributed by atoms with E-state index in [1.807, 2.05) is 18.7 Å². The Hall–Kier alpha value is -2.10. The quantitative estimate of drug-likeness (QED) is 0.937. The van der Waals surface area contributed by atoms with E-state index in [2.05, 4.69) is 41.4 Å². The van der Waals surface area contributed by atoms with Crippen LogP contribution in [0.4, 0.5) is 0 Å². The van der Waals surface area contributed by atoms with Crippen LogP contribution in [0.2, 0.25) is 0 Å². The molecule has 1 saturated carbocycles. The minimum atomic E-state index is 0.0989. The largest absolute Gasteiger partial charge is 0.331 e. The number of aromatic amines is 1. The van der Waals surface area contributed by atoms with E-state index in [9.17, 15) is 4.79 Å². The number of benzene rings is 1. The van der Waals surface area contributed by atoms with Gasteiger partial charge in [0.05, 0.1) is 11.3 Å². The number of H-pyrrole nitrogens is 1. The second-order valence-corrected chi connectivity index (χ2v) is 5.96. The predicted octanol–water partition coefficient (Wildman–Crippen LogP) is 3.14. The number of nitrogens with one attached hydrogen (secondary N) is 1. The second kappa shape index (κ2) is 5.35.